The quantitative estimate of drug-likeness (QED) is 0.131. The van der Waals surface area contributed by atoms with Gasteiger partial charge in [-0.15, -0.1) is 10.2 Å². The van der Waals surface area contributed by atoms with Crippen molar-refractivity contribution in [3.8, 4) is 0 Å². The van der Waals surface area contributed by atoms with E-state index in [9.17, 15) is 14.7 Å². The van der Waals surface area contributed by atoms with E-state index in [1.807, 2.05) is 61.5 Å². The Morgan fingerprint density at radius 2 is 1.76 bits per heavy atom. The van der Waals surface area contributed by atoms with Crippen molar-refractivity contribution in [2.45, 2.75) is 23.1 Å². The van der Waals surface area contributed by atoms with Gasteiger partial charge in [-0.3, -0.25) is 14.5 Å². The number of amides is 1. The molecule has 3 aromatic carbocycles. The molecular formula is C29H22BrN3O3S2. The van der Waals surface area contributed by atoms with Crippen LogP contribution in [0, 0.1) is 6.92 Å². The normalized spacial score (nSPS) is 15.6. The van der Waals surface area contributed by atoms with Crippen LogP contribution in [0.4, 0.5) is 5.13 Å². The first-order chi connectivity index (χ1) is 18.4. The van der Waals surface area contributed by atoms with E-state index in [0.29, 0.717) is 20.8 Å². The zero-order chi connectivity index (χ0) is 26.6. The Balaban J connectivity index is 1.45. The zero-order valence-corrected chi connectivity index (χ0v) is 23.5. The van der Waals surface area contributed by atoms with Crippen molar-refractivity contribution in [2.75, 3.05) is 4.90 Å². The second-order valence-electron chi connectivity index (χ2n) is 8.62. The van der Waals surface area contributed by atoms with Gasteiger partial charge in [-0.2, -0.15) is 0 Å². The number of ketones is 1. The number of hydrogen-bond donors (Lipinski definition) is 1. The second kappa shape index (κ2) is 11.5. The lowest BCUT2D eigenvalue weighted by Crippen LogP contribution is -2.30. The monoisotopic (exact) mass is 603 g/mol. The summed E-state index contributed by atoms with van der Waals surface area (Å²) in [6, 6.07) is 24.1. The second-order valence-corrected chi connectivity index (χ2v) is 11.7. The highest BCUT2D eigenvalue weighted by Crippen LogP contribution is 2.43. The maximum Gasteiger partial charge on any atom is 0.296 e. The fraction of sp³-hybridized carbons (Fsp3) is 0.103. The van der Waals surface area contributed by atoms with Crippen LogP contribution in [0.15, 0.2) is 105 Å². The number of nitrogens with zero attached hydrogens (tertiary/aromatic N) is 3. The highest BCUT2D eigenvalue weighted by atomic mass is 79.9. The largest absolute Gasteiger partial charge is 0.503 e. The van der Waals surface area contributed by atoms with Gasteiger partial charge in [0.05, 0.1) is 11.6 Å². The lowest BCUT2D eigenvalue weighted by Gasteiger charge is -2.23. The number of aliphatic hydroxyl groups is 1. The molecule has 1 unspecified atom stereocenters. The standard InChI is InChI=1S/C29H22BrN3O3S2/c1-18-7-9-20(10-8-18)17-37-29-32-31-28(38-29)33-25(21-12-14-22(30)15-13-21)24(26(35)27(33)36)23(34)16-11-19-5-3-2-4-6-19/h2-16,25,35H,17H2,1H3/b16-11+. The number of benzene rings is 3. The molecule has 0 bridgehead atoms. The molecule has 0 saturated carbocycles. The molecule has 190 valence electrons. The first-order valence-electron chi connectivity index (χ1n) is 11.7. The molecule has 0 fully saturated rings. The summed E-state index contributed by atoms with van der Waals surface area (Å²) in [6.07, 6.45) is 3.05. The van der Waals surface area contributed by atoms with Gasteiger partial charge >= 0.3 is 0 Å². The van der Waals surface area contributed by atoms with Crippen LogP contribution < -0.4 is 4.90 Å². The number of hydrogen-bond acceptors (Lipinski definition) is 7. The summed E-state index contributed by atoms with van der Waals surface area (Å²) < 4.78 is 1.54. The number of aryl methyl sites for hydroxylation is 1. The minimum atomic E-state index is -0.841. The summed E-state index contributed by atoms with van der Waals surface area (Å²) in [5, 5.41) is 19.8. The van der Waals surface area contributed by atoms with Crippen LogP contribution in [-0.2, 0) is 15.3 Å². The number of anilines is 1. The number of carbonyl (C=O) groups excluding carboxylic acids is 2. The maximum absolute atomic E-state index is 13.4. The highest BCUT2D eigenvalue weighted by Gasteiger charge is 2.45. The van der Waals surface area contributed by atoms with Crippen molar-refractivity contribution in [2.24, 2.45) is 0 Å². The van der Waals surface area contributed by atoms with Gasteiger partial charge in [0.15, 0.2) is 15.9 Å². The molecule has 38 heavy (non-hydrogen) atoms. The van der Waals surface area contributed by atoms with Crippen LogP contribution in [0.2, 0.25) is 0 Å². The van der Waals surface area contributed by atoms with Gasteiger partial charge < -0.3 is 5.11 Å². The van der Waals surface area contributed by atoms with E-state index < -0.39 is 23.5 Å². The fourth-order valence-electron chi connectivity index (χ4n) is 4.03. The lowest BCUT2D eigenvalue weighted by atomic mass is 9.96. The molecule has 1 aromatic heterocycles. The van der Waals surface area contributed by atoms with Crippen molar-refractivity contribution < 1.29 is 14.7 Å². The minimum absolute atomic E-state index is 0.00793. The number of thioether (sulfide) groups is 1. The zero-order valence-electron chi connectivity index (χ0n) is 20.2. The Bertz CT molecular complexity index is 1530. The van der Waals surface area contributed by atoms with Gasteiger partial charge in [0.25, 0.3) is 5.91 Å². The van der Waals surface area contributed by atoms with Gasteiger partial charge in [0, 0.05) is 10.2 Å². The lowest BCUT2D eigenvalue weighted by molar-refractivity contribution is -0.117. The van der Waals surface area contributed by atoms with E-state index in [2.05, 4.69) is 50.4 Å². The van der Waals surface area contributed by atoms with Gasteiger partial charge in [-0.25, -0.2) is 0 Å². The fourth-order valence-corrected chi connectivity index (χ4v) is 6.12. The molecule has 1 amide bonds. The van der Waals surface area contributed by atoms with E-state index in [1.165, 1.54) is 39.6 Å². The molecule has 9 heteroatoms. The molecule has 0 saturated heterocycles. The first-order valence-corrected chi connectivity index (χ1v) is 14.3. The molecule has 0 radical (unpaired) electrons. The van der Waals surface area contributed by atoms with Gasteiger partial charge in [0.1, 0.15) is 0 Å². The molecule has 1 aliphatic heterocycles. The van der Waals surface area contributed by atoms with Crippen molar-refractivity contribution in [3.05, 3.63) is 123 Å². The Labute approximate surface area is 236 Å². The molecule has 1 N–H and O–H groups in total. The van der Waals surface area contributed by atoms with Crippen molar-refractivity contribution in [3.63, 3.8) is 0 Å². The van der Waals surface area contributed by atoms with E-state index in [-0.39, 0.29) is 5.57 Å². The summed E-state index contributed by atoms with van der Waals surface area (Å²) in [5.74, 6) is -1.00. The summed E-state index contributed by atoms with van der Waals surface area (Å²) >= 11 is 6.21. The Morgan fingerprint density at radius 1 is 1.05 bits per heavy atom. The van der Waals surface area contributed by atoms with Crippen molar-refractivity contribution >= 4 is 61.9 Å². The predicted molar refractivity (Wildman–Crippen MR) is 155 cm³/mol. The van der Waals surface area contributed by atoms with Crippen LogP contribution in [-0.4, -0.2) is 27.0 Å². The third kappa shape index (κ3) is 5.65. The van der Waals surface area contributed by atoms with E-state index >= 15 is 0 Å². The van der Waals surface area contributed by atoms with Crippen LogP contribution in [0.3, 0.4) is 0 Å². The van der Waals surface area contributed by atoms with Gasteiger partial charge in [0.2, 0.25) is 5.13 Å². The Morgan fingerprint density at radius 3 is 2.47 bits per heavy atom. The van der Waals surface area contributed by atoms with E-state index in [0.717, 1.165) is 15.6 Å². The molecular weight excluding hydrogens is 582 g/mol. The topological polar surface area (TPSA) is 83.4 Å². The smallest absolute Gasteiger partial charge is 0.296 e. The Kier molecular flexibility index (Phi) is 7.87. The first kappa shape index (κ1) is 26.1. The van der Waals surface area contributed by atoms with Crippen molar-refractivity contribution in [1.82, 2.24) is 10.2 Å². The molecule has 4 aromatic rings. The third-order valence-corrected chi connectivity index (χ3v) is 8.63. The molecule has 1 aliphatic rings. The molecule has 0 spiro atoms. The summed E-state index contributed by atoms with van der Waals surface area (Å²) in [7, 11) is 0. The molecule has 0 aliphatic carbocycles. The number of rotatable bonds is 8. The average molecular weight is 605 g/mol. The van der Waals surface area contributed by atoms with Gasteiger partial charge in [-0.05, 0) is 41.8 Å². The summed E-state index contributed by atoms with van der Waals surface area (Å²) in [6.45, 7) is 2.04. The predicted octanol–water partition coefficient (Wildman–Crippen LogP) is 7.08. The number of aromatic nitrogens is 2. The molecule has 2 heterocycles. The SMILES string of the molecule is Cc1ccc(CSc2nnc(N3C(=O)C(O)=C(C(=O)/C=C/c4ccccc4)C3c3ccc(Br)cc3)s2)cc1. The molecule has 6 nitrogen and oxygen atoms in total. The number of aliphatic hydroxyl groups excluding tert-OH is 1. The van der Waals surface area contributed by atoms with E-state index in [1.54, 1.807) is 6.08 Å². The minimum Gasteiger partial charge on any atom is -0.503 e. The van der Waals surface area contributed by atoms with Gasteiger partial charge in [-0.1, -0.05) is 117 Å². The number of allylic oxidation sites excluding steroid dienone is 1. The molecule has 5 rings (SSSR count). The van der Waals surface area contributed by atoms with Crippen LogP contribution in [0.1, 0.15) is 28.3 Å². The summed E-state index contributed by atoms with van der Waals surface area (Å²) in [4.78, 5) is 28.0. The van der Waals surface area contributed by atoms with Crippen LogP contribution >= 0.6 is 39.0 Å². The molecule has 1 atom stereocenters. The summed E-state index contributed by atoms with van der Waals surface area (Å²) in [5.41, 5.74) is 3.86. The number of carbonyl (C=O) groups is 2. The number of halogens is 1. The van der Waals surface area contributed by atoms with Crippen molar-refractivity contribution in [1.29, 1.82) is 0 Å². The van der Waals surface area contributed by atoms with Crippen LogP contribution in [0.25, 0.3) is 6.08 Å². The Hall–Kier alpha value is -3.53. The highest BCUT2D eigenvalue weighted by molar-refractivity contribution is 9.10. The third-order valence-electron chi connectivity index (χ3n) is 5.97. The maximum atomic E-state index is 13.4. The van der Waals surface area contributed by atoms with E-state index in [4.69, 9.17) is 0 Å². The van der Waals surface area contributed by atoms with Crippen LogP contribution in [0.5, 0.6) is 0 Å². The average Bonchev–Trinajstić information content (AvgIpc) is 3.50.